The van der Waals surface area contributed by atoms with Crippen molar-refractivity contribution in [2.45, 2.75) is 24.9 Å². The summed E-state index contributed by atoms with van der Waals surface area (Å²) in [5.41, 5.74) is 5.51. The van der Waals surface area contributed by atoms with Crippen LogP contribution in [0, 0.1) is 0 Å². The summed E-state index contributed by atoms with van der Waals surface area (Å²) >= 11 is 0. The van der Waals surface area contributed by atoms with Crippen LogP contribution in [0.15, 0.2) is 0 Å². The Hall–Kier alpha value is -0.610. The average molecular weight is 158 g/mol. The van der Waals surface area contributed by atoms with Crippen molar-refractivity contribution >= 4 is 5.91 Å². The van der Waals surface area contributed by atoms with Crippen molar-refractivity contribution in [1.29, 1.82) is 0 Å². The van der Waals surface area contributed by atoms with Gasteiger partial charge < -0.3 is 15.7 Å². The second-order valence-electron chi connectivity index (χ2n) is 2.97. The van der Waals surface area contributed by atoms with Crippen molar-refractivity contribution in [2.24, 2.45) is 5.73 Å². The zero-order chi connectivity index (χ0) is 8.43. The number of aliphatic hydroxyl groups is 1. The number of carbonyl (C=O) groups excluding carboxylic acids is 1. The van der Waals surface area contributed by atoms with Crippen LogP contribution in [0.1, 0.15) is 12.8 Å². The molecule has 0 bridgehead atoms. The Balaban J connectivity index is 2.59. The molecule has 2 atom stereocenters. The number of likely N-dealkylation sites (tertiary alicyclic amines) is 1. The Morgan fingerprint density at radius 3 is 2.91 bits per heavy atom. The summed E-state index contributed by atoms with van der Waals surface area (Å²) in [6.07, 6.45) is 1.49. The van der Waals surface area contributed by atoms with Gasteiger partial charge in [-0.05, 0) is 12.8 Å². The summed E-state index contributed by atoms with van der Waals surface area (Å²) in [4.78, 5) is 12.7. The molecule has 3 N–H and O–H groups in total. The van der Waals surface area contributed by atoms with E-state index in [-0.39, 0.29) is 24.6 Å². The Morgan fingerprint density at radius 2 is 2.36 bits per heavy atom. The minimum Gasteiger partial charge on any atom is -0.394 e. The standard InChI is InChI=1S/C7H14N2O2/c1-9-5(4-10)2-3-6(8)7(9)11/h5-6,10H,2-4,8H2,1H3. The molecule has 1 aliphatic rings. The lowest BCUT2D eigenvalue weighted by Gasteiger charge is -2.34. The van der Waals surface area contributed by atoms with E-state index < -0.39 is 0 Å². The van der Waals surface area contributed by atoms with Crippen LogP contribution in [0.3, 0.4) is 0 Å². The molecule has 0 aromatic heterocycles. The van der Waals surface area contributed by atoms with E-state index >= 15 is 0 Å². The largest absolute Gasteiger partial charge is 0.394 e. The maximum Gasteiger partial charge on any atom is 0.239 e. The van der Waals surface area contributed by atoms with Crippen molar-refractivity contribution < 1.29 is 9.90 Å². The van der Waals surface area contributed by atoms with E-state index in [2.05, 4.69) is 0 Å². The molecule has 1 saturated heterocycles. The lowest BCUT2D eigenvalue weighted by atomic mass is 9.99. The monoisotopic (exact) mass is 158 g/mol. The van der Waals surface area contributed by atoms with Crippen LogP contribution in [0.25, 0.3) is 0 Å². The highest BCUT2D eigenvalue weighted by atomic mass is 16.3. The number of nitrogens with two attached hydrogens (primary N) is 1. The summed E-state index contributed by atoms with van der Waals surface area (Å²) in [6.45, 7) is 0.0367. The van der Waals surface area contributed by atoms with Crippen LogP contribution in [0.5, 0.6) is 0 Å². The van der Waals surface area contributed by atoms with E-state index in [4.69, 9.17) is 10.8 Å². The van der Waals surface area contributed by atoms with Crippen molar-refractivity contribution in [1.82, 2.24) is 4.90 Å². The van der Waals surface area contributed by atoms with Crippen molar-refractivity contribution in [3.05, 3.63) is 0 Å². The van der Waals surface area contributed by atoms with Crippen LogP contribution in [0.2, 0.25) is 0 Å². The van der Waals surface area contributed by atoms with Gasteiger partial charge >= 0.3 is 0 Å². The third-order valence-corrected chi connectivity index (χ3v) is 2.23. The number of hydrogen-bond donors (Lipinski definition) is 2. The highest BCUT2D eigenvalue weighted by Crippen LogP contribution is 2.14. The Bertz CT molecular complexity index is 161. The first-order chi connectivity index (χ1) is 5.16. The van der Waals surface area contributed by atoms with Gasteiger partial charge in [-0.15, -0.1) is 0 Å². The zero-order valence-corrected chi connectivity index (χ0v) is 6.66. The fourth-order valence-electron chi connectivity index (χ4n) is 1.34. The predicted octanol–water partition coefficient (Wildman–Crippen LogP) is -1.07. The number of rotatable bonds is 1. The lowest BCUT2D eigenvalue weighted by molar-refractivity contribution is -0.137. The van der Waals surface area contributed by atoms with Gasteiger partial charge in [0.15, 0.2) is 0 Å². The quantitative estimate of drug-likeness (QED) is 0.510. The summed E-state index contributed by atoms with van der Waals surface area (Å²) < 4.78 is 0. The fourth-order valence-corrected chi connectivity index (χ4v) is 1.34. The topological polar surface area (TPSA) is 66.6 Å². The Labute approximate surface area is 66.0 Å². The minimum absolute atomic E-state index is 0.0256. The molecule has 4 heteroatoms. The van der Waals surface area contributed by atoms with Gasteiger partial charge in [0, 0.05) is 7.05 Å². The number of nitrogens with zero attached hydrogens (tertiary/aromatic N) is 1. The molecule has 4 nitrogen and oxygen atoms in total. The van der Waals surface area contributed by atoms with Gasteiger partial charge in [0.25, 0.3) is 0 Å². The molecule has 0 aliphatic carbocycles. The molecule has 11 heavy (non-hydrogen) atoms. The molecule has 1 rings (SSSR count). The zero-order valence-electron chi connectivity index (χ0n) is 6.66. The van der Waals surface area contributed by atoms with Gasteiger partial charge in [-0.1, -0.05) is 0 Å². The predicted molar refractivity (Wildman–Crippen MR) is 40.9 cm³/mol. The number of amides is 1. The molecule has 1 heterocycles. The Kier molecular flexibility index (Phi) is 2.46. The first-order valence-electron chi connectivity index (χ1n) is 3.80. The molecule has 1 amide bonds. The Morgan fingerprint density at radius 1 is 1.73 bits per heavy atom. The smallest absolute Gasteiger partial charge is 0.239 e. The number of piperidine rings is 1. The number of hydrogen-bond acceptors (Lipinski definition) is 3. The van der Waals surface area contributed by atoms with Crippen molar-refractivity contribution in [3.8, 4) is 0 Å². The summed E-state index contributed by atoms with van der Waals surface area (Å²) in [7, 11) is 1.68. The molecule has 0 saturated carbocycles. The first kappa shape index (κ1) is 8.49. The average Bonchev–Trinajstić information content (AvgIpc) is 2.01. The van der Waals surface area contributed by atoms with Crippen LogP contribution in [-0.2, 0) is 4.79 Å². The summed E-state index contributed by atoms with van der Waals surface area (Å²) in [5, 5.41) is 8.83. The molecule has 0 spiro atoms. The summed E-state index contributed by atoms with van der Waals surface area (Å²) in [5.74, 6) is -0.0599. The normalized spacial score (nSPS) is 32.6. The van der Waals surface area contributed by atoms with Crippen LogP contribution in [0.4, 0.5) is 0 Å². The third kappa shape index (κ3) is 1.52. The molecular weight excluding hydrogens is 144 g/mol. The maximum absolute atomic E-state index is 11.2. The molecule has 0 aromatic carbocycles. The highest BCUT2D eigenvalue weighted by Gasteiger charge is 2.29. The fraction of sp³-hybridized carbons (Fsp3) is 0.857. The van der Waals surface area contributed by atoms with E-state index in [9.17, 15) is 4.79 Å². The molecule has 0 aromatic rings. The number of likely N-dealkylation sites (N-methyl/N-ethyl adjacent to an activating group) is 1. The van der Waals surface area contributed by atoms with E-state index in [0.29, 0.717) is 6.42 Å². The van der Waals surface area contributed by atoms with E-state index in [1.165, 1.54) is 4.90 Å². The molecule has 64 valence electrons. The van der Waals surface area contributed by atoms with E-state index in [1.807, 2.05) is 0 Å². The lowest BCUT2D eigenvalue weighted by Crippen LogP contribution is -2.52. The molecule has 1 fully saturated rings. The molecule has 2 unspecified atom stereocenters. The second-order valence-corrected chi connectivity index (χ2v) is 2.97. The van der Waals surface area contributed by atoms with Gasteiger partial charge in [-0.3, -0.25) is 4.79 Å². The van der Waals surface area contributed by atoms with Gasteiger partial charge in [0.2, 0.25) is 5.91 Å². The minimum atomic E-state index is -0.359. The van der Waals surface area contributed by atoms with Gasteiger partial charge in [0.05, 0.1) is 18.7 Å². The molecular formula is C7H14N2O2. The highest BCUT2D eigenvalue weighted by molar-refractivity contribution is 5.82. The summed E-state index contributed by atoms with van der Waals surface area (Å²) in [6, 6.07) is -0.384. The van der Waals surface area contributed by atoms with Gasteiger partial charge in [0.1, 0.15) is 0 Å². The third-order valence-electron chi connectivity index (χ3n) is 2.23. The number of carbonyl (C=O) groups is 1. The van der Waals surface area contributed by atoms with Crippen LogP contribution < -0.4 is 5.73 Å². The van der Waals surface area contributed by atoms with E-state index in [0.717, 1.165) is 6.42 Å². The number of aliphatic hydroxyl groups excluding tert-OH is 1. The van der Waals surface area contributed by atoms with Crippen LogP contribution >= 0.6 is 0 Å². The van der Waals surface area contributed by atoms with Crippen LogP contribution in [-0.4, -0.2) is 41.7 Å². The molecule has 0 radical (unpaired) electrons. The SMILES string of the molecule is CN1C(=O)C(N)CCC1CO. The van der Waals surface area contributed by atoms with Gasteiger partial charge in [-0.2, -0.15) is 0 Å². The van der Waals surface area contributed by atoms with Gasteiger partial charge in [-0.25, -0.2) is 0 Å². The first-order valence-corrected chi connectivity index (χ1v) is 3.80. The second kappa shape index (κ2) is 3.19. The maximum atomic E-state index is 11.2. The van der Waals surface area contributed by atoms with Crippen molar-refractivity contribution in [3.63, 3.8) is 0 Å². The molecule has 1 aliphatic heterocycles. The van der Waals surface area contributed by atoms with E-state index in [1.54, 1.807) is 7.05 Å². The van der Waals surface area contributed by atoms with Crippen molar-refractivity contribution in [2.75, 3.05) is 13.7 Å².